The molecule has 2 nitrogen and oxygen atoms in total. The Labute approximate surface area is 130 Å². The van der Waals surface area contributed by atoms with E-state index >= 15 is 0 Å². The van der Waals surface area contributed by atoms with Crippen LogP contribution in [0, 0.1) is 6.92 Å². The molecule has 0 saturated carbocycles. The zero-order valence-electron chi connectivity index (χ0n) is 10.7. The van der Waals surface area contributed by atoms with Gasteiger partial charge in [-0.3, -0.25) is 0 Å². The fraction of sp³-hybridized carbons (Fsp3) is 0.357. The molecular formula is C14H18INOS. The lowest BCUT2D eigenvalue weighted by Gasteiger charge is -2.02. The second kappa shape index (κ2) is 7.86. The number of aryl methyl sites for hydroxylation is 1. The van der Waals surface area contributed by atoms with Crippen molar-refractivity contribution in [1.29, 1.82) is 0 Å². The molecule has 0 aliphatic rings. The summed E-state index contributed by atoms with van der Waals surface area (Å²) in [7, 11) is 2.08. The predicted octanol–water partition coefficient (Wildman–Crippen LogP) is -0.356. The van der Waals surface area contributed by atoms with E-state index in [0.29, 0.717) is 6.61 Å². The standard InChI is InChI=1S/C14H18NOS.HI/c1-12-14(17-11-15(12)2)8-9-16-10-13-6-4-3-5-7-13;/h3-7,11H,8-10H2,1-2H3;1H/q+1;/p-1. The minimum atomic E-state index is 0. The van der Waals surface area contributed by atoms with Crippen LogP contribution in [0.4, 0.5) is 0 Å². The topological polar surface area (TPSA) is 13.1 Å². The third-order valence-electron chi connectivity index (χ3n) is 2.87. The van der Waals surface area contributed by atoms with Crippen LogP contribution in [0.25, 0.3) is 0 Å². The van der Waals surface area contributed by atoms with Crippen molar-refractivity contribution in [2.75, 3.05) is 6.61 Å². The SMILES string of the molecule is Cc1c(CCOCc2ccccc2)sc[n+]1C.[I-]. The number of hydrogen-bond acceptors (Lipinski definition) is 2. The third-order valence-corrected chi connectivity index (χ3v) is 4.08. The number of hydrogen-bond donors (Lipinski definition) is 0. The van der Waals surface area contributed by atoms with Crippen molar-refractivity contribution in [3.05, 3.63) is 52.0 Å². The summed E-state index contributed by atoms with van der Waals surface area (Å²) in [6.07, 6.45) is 1.00. The number of rotatable bonds is 5. The van der Waals surface area contributed by atoms with Gasteiger partial charge in [0.15, 0.2) is 5.69 Å². The van der Waals surface area contributed by atoms with Gasteiger partial charge in [-0.2, -0.15) is 4.57 Å². The van der Waals surface area contributed by atoms with Crippen molar-refractivity contribution in [3.63, 3.8) is 0 Å². The van der Waals surface area contributed by atoms with Crippen LogP contribution in [0.15, 0.2) is 35.8 Å². The lowest BCUT2D eigenvalue weighted by atomic mass is 10.2. The second-order valence-corrected chi connectivity index (χ2v) is 5.07. The number of thiazole rings is 1. The van der Waals surface area contributed by atoms with Crippen LogP contribution in [0.1, 0.15) is 16.1 Å². The van der Waals surface area contributed by atoms with E-state index in [2.05, 4.69) is 36.2 Å². The molecule has 0 bridgehead atoms. The summed E-state index contributed by atoms with van der Waals surface area (Å²) in [6.45, 7) is 3.65. The van der Waals surface area contributed by atoms with E-state index in [-0.39, 0.29) is 24.0 Å². The summed E-state index contributed by atoms with van der Waals surface area (Å²) in [6, 6.07) is 10.3. The fourth-order valence-corrected chi connectivity index (χ4v) is 2.63. The van der Waals surface area contributed by atoms with Gasteiger partial charge in [0.1, 0.15) is 7.05 Å². The normalized spacial score (nSPS) is 10.1. The first kappa shape index (κ1) is 15.6. The number of benzene rings is 1. The second-order valence-electron chi connectivity index (χ2n) is 4.13. The summed E-state index contributed by atoms with van der Waals surface area (Å²) < 4.78 is 7.85. The van der Waals surface area contributed by atoms with Gasteiger partial charge in [0.25, 0.3) is 0 Å². The Bertz CT molecular complexity index is 470. The molecule has 0 unspecified atom stereocenters. The molecule has 18 heavy (non-hydrogen) atoms. The Balaban J connectivity index is 0.00000162. The maximum absolute atomic E-state index is 5.69. The van der Waals surface area contributed by atoms with Crippen LogP contribution in [0.2, 0.25) is 0 Å². The minimum absolute atomic E-state index is 0. The Morgan fingerprint density at radius 3 is 2.56 bits per heavy atom. The van der Waals surface area contributed by atoms with Gasteiger partial charge < -0.3 is 28.7 Å². The molecule has 1 aromatic heterocycles. The largest absolute Gasteiger partial charge is 1.00 e. The molecule has 0 saturated heterocycles. The number of halogens is 1. The molecule has 1 heterocycles. The van der Waals surface area contributed by atoms with Crippen LogP contribution in [0.3, 0.4) is 0 Å². The summed E-state index contributed by atoms with van der Waals surface area (Å²) in [5.74, 6) is 0. The van der Waals surface area contributed by atoms with E-state index in [9.17, 15) is 0 Å². The highest BCUT2D eigenvalue weighted by Gasteiger charge is 2.10. The van der Waals surface area contributed by atoms with Crippen LogP contribution >= 0.6 is 11.3 Å². The highest BCUT2D eigenvalue weighted by atomic mass is 127. The van der Waals surface area contributed by atoms with Gasteiger partial charge in [-0.15, -0.1) is 0 Å². The lowest BCUT2D eigenvalue weighted by Crippen LogP contribution is -3.00. The summed E-state index contributed by atoms with van der Waals surface area (Å²) in [5.41, 5.74) is 4.72. The van der Waals surface area contributed by atoms with E-state index in [4.69, 9.17) is 4.74 Å². The van der Waals surface area contributed by atoms with Gasteiger partial charge in [0, 0.05) is 13.3 Å². The average Bonchev–Trinajstić information content (AvgIpc) is 2.67. The van der Waals surface area contributed by atoms with Crippen molar-refractivity contribution in [1.82, 2.24) is 0 Å². The van der Waals surface area contributed by atoms with E-state index in [1.165, 1.54) is 16.1 Å². The fourth-order valence-electron chi connectivity index (χ4n) is 1.67. The lowest BCUT2D eigenvalue weighted by molar-refractivity contribution is -0.673. The van der Waals surface area contributed by atoms with Crippen LogP contribution in [0.5, 0.6) is 0 Å². The number of ether oxygens (including phenoxy) is 1. The third kappa shape index (κ3) is 4.33. The first-order valence-corrected chi connectivity index (χ1v) is 6.69. The average molecular weight is 375 g/mol. The van der Waals surface area contributed by atoms with E-state index in [1.807, 2.05) is 18.2 Å². The molecular weight excluding hydrogens is 357 g/mol. The van der Waals surface area contributed by atoms with Gasteiger partial charge in [-0.25, -0.2) is 0 Å². The molecule has 0 N–H and O–H groups in total. The summed E-state index contributed by atoms with van der Waals surface area (Å²) in [5, 5.41) is 0. The van der Waals surface area contributed by atoms with Crippen molar-refractivity contribution in [3.8, 4) is 0 Å². The zero-order valence-corrected chi connectivity index (χ0v) is 13.7. The van der Waals surface area contributed by atoms with Gasteiger partial charge in [0.2, 0.25) is 5.51 Å². The van der Waals surface area contributed by atoms with E-state index in [1.54, 1.807) is 11.3 Å². The molecule has 2 aromatic rings. The molecule has 0 aliphatic heterocycles. The molecule has 0 amide bonds. The maximum atomic E-state index is 5.69. The smallest absolute Gasteiger partial charge is 0.224 e. The Morgan fingerprint density at radius 2 is 1.94 bits per heavy atom. The van der Waals surface area contributed by atoms with Gasteiger partial charge in [0.05, 0.1) is 18.1 Å². The molecule has 0 radical (unpaired) electrons. The Hall–Kier alpha value is -0.460. The Kier molecular flexibility index (Phi) is 6.81. The summed E-state index contributed by atoms with van der Waals surface area (Å²) >= 11 is 1.81. The van der Waals surface area contributed by atoms with Gasteiger partial charge >= 0.3 is 0 Å². The minimum Gasteiger partial charge on any atom is -1.00 e. The Morgan fingerprint density at radius 1 is 1.22 bits per heavy atom. The molecule has 1 aromatic carbocycles. The van der Waals surface area contributed by atoms with Gasteiger partial charge in [-0.05, 0) is 5.56 Å². The molecule has 0 spiro atoms. The molecule has 0 aliphatic carbocycles. The van der Waals surface area contributed by atoms with Crippen molar-refractivity contribution >= 4 is 11.3 Å². The van der Waals surface area contributed by atoms with E-state index in [0.717, 1.165) is 13.0 Å². The maximum Gasteiger partial charge on any atom is 0.224 e. The zero-order chi connectivity index (χ0) is 12.1. The highest BCUT2D eigenvalue weighted by molar-refractivity contribution is 7.09. The van der Waals surface area contributed by atoms with E-state index < -0.39 is 0 Å². The number of nitrogens with zero attached hydrogens (tertiary/aromatic N) is 1. The van der Waals surface area contributed by atoms with Crippen molar-refractivity contribution < 1.29 is 33.3 Å². The van der Waals surface area contributed by atoms with Crippen molar-refractivity contribution in [2.24, 2.45) is 7.05 Å². The first-order chi connectivity index (χ1) is 8.27. The monoisotopic (exact) mass is 375 g/mol. The quantitative estimate of drug-likeness (QED) is 0.396. The summed E-state index contributed by atoms with van der Waals surface area (Å²) in [4.78, 5) is 1.42. The molecule has 0 fully saturated rings. The molecule has 2 rings (SSSR count). The molecule has 98 valence electrons. The first-order valence-electron chi connectivity index (χ1n) is 5.81. The van der Waals surface area contributed by atoms with Crippen LogP contribution in [-0.2, 0) is 24.8 Å². The van der Waals surface area contributed by atoms with Crippen LogP contribution in [-0.4, -0.2) is 6.61 Å². The predicted molar refractivity (Wildman–Crippen MR) is 70.0 cm³/mol. The van der Waals surface area contributed by atoms with Crippen LogP contribution < -0.4 is 28.5 Å². The number of aromatic nitrogens is 1. The molecule has 4 heteroatoms. The van der Waals surface area contributed by atoms with Gasteiger partial charge in [-0.1, -0.05) is 41.7 Å². The van der Waals surface area contributed by atoms with Crippen molar-refractivity contribution in [2.45, 2.75) is 20.0 Å². The molecule has 0 atom stereocenters. The highest BCUT2D eigenvalue weighted by Crippen LogP contribution is 2.11.